The maximum Gasteiger partial charge on any atom is 0.785 e. The standard InChI is InChI=1S/C12H11BO7/c14-7-3-1-5-9(11(7)16)19-13(18)20-10-6-2-4-8(15)12(10)17/h1-6,14-18H. The Bertz CT molecular complexity index is 563. The Kier molecular flexibility index (Phi) is 3.76. The van der Waals surface area contributed by atoms with E-state index < -0.39 is 30.3 Å². The zero-order valence-electron chi connectivity index (χ0n) is 10.1. The number of rotatable bonds is 4. The minimum atomic E-state index is -1.87. The summed E-state index contributed by atoms with van der Waals surface area (Å²) in [6, 6.07) is 7.84. The highest BCUT2D eigenvalue weighted by Crippen LogP contribution is 2.36. The molecule has 0 aromatic heterocycles. The van der Waals surface area contributed by atoms with Gasteiger partial charge >= 0.3 is 7.32 Å². The molecule has 0 aliphatic carbocycles. The van der Waals surface area contributed by atoms with Crippen LogP contribution < -0.4 is 9.31 Å². The number of hydrogen-bond acceptors (Lipinski definition) is 7. The molecule has 0 bridgehead atoms. The molecule has 0 unspecified atom stereocenters. The highest BCUT2D eigenvalue weighted by Gasteiger charge is 2.25. The van der Waals surface area contributed by atoms with E-state index in [4.69, 9.17) is 9.31 Å². The number of hydrogen-bond donors (Lipinski definition) is 5. The van der Waals surface area contributed by atoms with Crippen LogP contribution in [0, 0.1) is 0 Å². The van der Waals surface area contributed by atoms with Gasteiger partial charge in [-0.2, -0.15) is 0 Å². The molecule has 2 rings (SSSR count). The smallest absolute Gasteiger partial charge is 0.504 e. The molecule has 8 heteroatoms. The van der Waals surface area contributed by atoms with Crippen molar-refractivity contribution < 1.29 is 34.8 Å². The first kappa shape index (κ1) is 13.7. The van der Waals surface area contributed by atoms with Crippen LogP contribution in [0.15, 0.2) is 36.4 Å². The van der Waals surface area contributed by atoms with Crippen LogP contribution in [-0.2, 0) is 0 Å². The second-order valence-electron chi connectivity index (χ2n) is 3.79. The lowest BCUT2D eigenvalue weighted by Gasteiger charge is -2.13. The molecule has 0 aliphatic rings. The minimum absolute atomic E-state index is 0.211. The van der Waals surface area contributed by atoms with E-state index >= 15 is 0 Å². The predicted octanol–water partition coefficient (Wildman–Crippen LogP) is 0.944. The van der Waals surface area contributed by atoms with Crippen molar-refractivity contribution in [3.05, 3.63) is 36.4 Å². The monoisotopic (exact) mass is 278 g/mol. The lowest BCUT2D eigenvalue weighted by Crippen LogP contribution is -2.29. The van der Waals surface area contributed by atoms with E-state index in [9.17, 15) is 25.5 Å². The van der Waals surface area contributed by atoms with Gasteiger partial charge in [-0.25, -0.2) is 0 Å². The van der Waals surface area contributed by atoms with E-state index in [-0.39, 0.29) is 11.5 Å². The third-order valence-electron chi connectivity index (χ3n) is 2.41. The molecule has 0 amide bonds. The molecule has 0 heterocycles. The predicted molar refractivity (Wildman–Crippen MR) is 68.8 cm³/mol. The third-order valence-corrected chi connectivity index (χ3v) is 2.41. The number of benzene rings is 2. The topological polar surface area (TPSA) is 120 Å². The summed E-state index contributed by atoms with van der Waals surface area (Å²) in [6.07, 6.45) is 0. The molecule has 2 aromatic carbocycles. The van der Waals surface area contributed by atoms with Crippen LogP contribution in [0.4, 0.5) is 0 Å². The SMILES string of the molecule is OB(Oc1cccc(O)c1O)Oc1cccc(O)c1O. The molecule has 2 aromatic rings. The van der Waals surface area contributed by atoms with Crippen molar-refractivity contribution in [2.45, 2.75) is 0 Å². The zero-order chi connectivity index (χ0) is 14.7. The van der Waals surface area contributed by atoms with E-state index in [1.54, 1.807) is 0 Å². The second kappa shape index (κ2) is 5.49. The first-order valence-electron chi connectivity index (χ1n) is 5.52. The van der Waals surface area contributed by atoms with E-state index in [1.165, 1.54) is 36.4 Å². The molecule has 0 aliphatic heterocycles. The fourth-order valence-electron chi connectivity index (χ4n) is 1.45. The quantitative estimate of drug-likeness (QED) is 0.417. The largest absolute Gasteiger partial charge is 0.785 e. The molecule has 0 atom stereocenters. The Labute approximate surface area is 114 Å². The highest BCUT2D eigenvalue weighted by atomic mass is 16.7. The number of para-hydroxylation sites is 2. The van der Waals surface area contributed by atoms with Gasteiger partial charge in [0.1, 0.15) is 11.5 Å². The van der Waals surface area contributed by atoms with Crippen LogP contribution in [0.25, 0.3) is 0 Å². The van der Waals surface area contributed by atoms with Crippen LogP contribution >= 0.6 is 0 Å². The van der Waals surface area contributed by atoms with Gasteiger partial charge in [0.15, 0.2) is 23.0 Å². The van der Waals surface area contributed by atoms with E-state index in [0.29, 0.717) is 0 Å². The Morgan fingerprint density at radius 2 is 1.10 bits per heavy atom. The van der Waals surface area contributed by atoms with Gasteiger partial charge in [-0.15, -0.1) is 0 Å². The number of phenols is 4. The summed E-state index contributed by atoms with van der Waals surface area (Å²) in [5.41, 5.74) is 0. The minimum Gasteiger partial charge on any atom is -0.504 e. The van der Waals surface area contributed by atoms with Crippen molar-refractivity contribution in [3.63, 3.8) is 0 Å². The van der Waals surface area contributed by atoms with Gasteiger partial charge in [0.25, 0.3) is 0 Å². The maximum absolute atomic E-state index is 9.56. The zero-order valence-corrected chi connectivity index (χ0v) is 10.1. The summed E-state index contributed by atoms with van der Waals surface area (Å²) in [4.78, 5) is 0. The van der Waals surface area contributed by atoms with Gasteiger partial charge < -0.3 is 34.8 Å². The fraction of sp³-hybridized carbons (Fsp3) is 0. The van der Waals surface area contributed by atoms with Gasteiger partial charge in [0, 0.05) is 0 Å². The highest BCUT2D eigenvalue weighted by molar-refractivity contribution is 6.36. The summed E-state index contributed by atoms with van der Waals surface area (Å²) in [5.74, 6) is -2.38. The molecular weight excluding hydrogens is 267 g/mol. The maximum atomic E-state index is 9.56. The summed E-state index contributed by atoms with van der Waals surface area (Å²) >= 11 is 0. The van der Waals surface area contributed by atoms with E-state index in [2.05, 4.69) is 0 Å². The summed E-state index contributed by atoms with van der Waals surface area (Å²) in [5, 5.41) is 47.0. The lowest BCUT2D eigenvalue weighted by atomic mass is 10.2. The Balaban J connectivity index is 2.11. The van der Waals surface area contributed by atoms with Crippen LogP contribution in [0.5, 0.6) is 34.5 Å². The molecule has 5 N–H and O–H groups in total. The second-order valence-corrected chi connectivity index (χ2v) is 3.79. The molecule has 0 fully saturated rings. The van der Waals surface area contributed by atoms with E-state index in [1.807, 2.05) is 0 Å². The molecule has 7 nitrogen and oxygen atoms in total. The summed E-state index contributed by atoms with van der Waals surface area (Å²) in [6.45, 7) is 0. The van der Waals surface area contributed by atoms with Crippen LogP contribution in [0.2, 0.25) is 0 Å². The fourth-order valence-corrected chi connectivity index (χ4v) is 1.45. The van der Waals surface area contributed by atoms with Crippen molar-refractivity contribution in [3.8, 4) is 34.5 Å². The van der Waals surface area contributed by atoms with Gasteiger partial charge in [-0.1, -0.05) is 12.1 Å². The third kappa shape index (κ3) is 2.81. The molecule has 0 spiro atoms. The van der Waals surface area contributed by atoms with Crippen molar-refractivity contribution in [1.29, 1.82) is 0 Å². The van der Waals surface area contributed by atoms with Gasteiger partial charge in [0.2, 0.25) is 0 Å². The first-order chi connectivity index (χ1) is 9.49. The normalized spacial score (nSPS) is 10.1. The summed E-state index contributed by atoms with van der Waals surface area (Å²) in [7, 11) is -1.87. The molecule has 0 saturated heterocycles. The molecule has 104 valence electrons. The van der Waals surface area contributed by atoms with Crippen LogP contribution in [-0.4, -0.2) is 32.8 Å². The Morgan fingerprint density at radius 1 is 0.700 bits per heavy atom. The average Bonchev–Trinajstić information content (AvgIpc) is 2.40. The average molecular weight is 278 g/mol. The Morgan fingerprint density at radius 3 is 1.50 bits per heavy atom. The van der Waals surface area contributed by atoms with Crippen LogP contribution in [0.1, 0.15) is 0 Å². The number of phenolic OH excluding ortho intramolecular Hbond substituents is 4. The van der Waals surface area contributed by atoms with Crippen molar-refractivity contribution in [2.75, 3.05) is 0 Å². The number of aromatic hydroxyl groups is 4. The summed E-state index contributed by atoms with van der Waals surface area (Å²) < 4.78 is 9.71. The molecule has 20 heavy (non-hydrogen) atoms. The Hall–Kier alpha value is -2.74. The van der Waals surface area contributed by atoms with Crippen molar-refractivity contribution in [2.24, 2.45) is 0 Å². The van der Waals surface area contributed by atoms with Crippen molar-refractivity contribution >= 4 is 7.32 Å². The molecule has 0 saturated carbocycles. The first-order valence-corrected chi connectivity index (χ1v) is 5.52. The molecular formula is C12H11BO7. The van der Waals surface area contributed by atoms with Gasteiger partial charge in [0.05, 0.1) is 0 Å². The van der Waals surface area contributed by atoms with Crippen LogP contribution in [0.3, 0.4) is 0 Å². The van der Waals surface area contributed by atoms with Gasteiger partial charge in [-0.3, -0.25) is 0 Å². The lowest BCUT2D eigenvalue weighted by molar-refractivity contribution is 0.279. The van der Waals surface area contributed by atoms with Crippen molar-refractivity contribution in [1.82, 2.24) is 0 Å². The van der Waals surface area contributed by atoms with E-state index in [0.717, 1.165) is 0 Å². The molecule has 0 radical (unpaired) electrons. The van der Waals surface area contributed by atoms with Gasteiger partial charge in [-0.05, 0) is 24.3 Å².